The largest absolute Gasteiger partial charge is 0.389 e. The second-order valence-corrected chi connectivity index (χ2v) is 4.82. The van der Waals surface area contributed by atoms with E-state index in [0.29, 0.717) is 13.1 Å². The Kier molecular flexibility index (Phi) is 2.99. The number of aliphatic hydroxyl groups excluding tert-OH is 2. The average molecular weight is 244 g/mol. The third-order valence-electron chi connectivity index (χ3n) is 3.47. The number of para-hydroxylation sites is 1. The van der Waals surface area contributed by atoms with Gasteiger partial charge in [0.2, 0.25) is 0 Å². The SMILES string of the molecule is O[C@@H]1CN(Cc2ccnc3ccccc23)C[C@@H]1O. The number of benzene rings is 1. The molecule has 18 heavy (non-hydrogen) atoms. The number of rotatable bonds is 2. The van der Waals surface area contributed by atoms with Gasteiger partial charge in [0, 0.05) is 31.2 Å². The highest BCUT2D eigenvalue weighted by Crippen LogP contribution is 2.20. The predicted octanol–water partition coefficient (Wildman–Crippen LogP) is 0.772. The first-order valence-electron chi connectivity index (χ1n) is 6.15. The quantitative estimate of drug-likeness (QED) is 0.819. The normalized spacial score (nSPS) is 24.8. The highest BCUT2D eigenvalue weighted by atomic mass is 16.3. The van der Waals surface area contributed by atoms with Crippen molar-refractivity contribution in [3.05, 3.63) is 42.1 Å². The molecule has 0 amide bonds. The Morgan fingerprint density at radius 1 is 1.11 bits per heavy atom. The average Bonchev–Trinajstić information content (AvgIpc) is 2.69. The van der Waals surface area contributed by atoms with E-state index in [1.54, 1.807) is 6.20 Å². The van der Waals surface area contributed by atoms with Gasteiger partial charge in [-0.15, -0.1) is 0 Å². The maximum absolute atomic E-state index is 9.56. The fourth-order valence-corrected chi connectivity index (χ4v) is 2.51. The van der Waals surface area contributed by atoms with Crippen LogP contribution in [-0.4, -0.2) is 45.4 Å². The molecule has 0 unspecified atom stereocenters. The summed E-state index contributed by atoms with van der Waals surface area (Å²) in [6.45, 7) is 1.78. The van der Waals surface area contributed by atoms with Crippen LogP contribution in [0.5, 0.6) is 0 Å². The number of aliphatic hydroxyl groups is 2. The van der Waals surface area contributed by atoms with Gasteiger partial charge < -0.3 is 10.2 Å². The molecule has 1 aliphatic rings. The Balaban J connectivity index is 1.87. The molecular weight excluding hydrogens is 228 g/mol. The summed E-state index contributed by atoms with van der Waals surface area (Å²) in [5.74, 6) is 0. The lowest BCUT2D eigenvalue weighted by Crippen LogP contribution is -2.22. The van der Waals surface area contributed by atoms with E-state index in [4.69, 9.17) is 0 Å². The molecule has 0 spiro atoms. The number of β-amino-alcohol motifs (C(OH)–C–C–N with tert-alkyl or cyclic N) is 2. The van der Waals surface area contributed by atoms with Crippen LogP contribution in [-0.2, 0) is 6.54 Å². The van der Waals surface area contributed by atoms with Crippen molar-refractivity contribution in [3.8, 4) is 0 Å². The lowest BCUT2D eigenvalue weighted by Gasteiger charge is -2.15. The van der Waals surface area contributed by atoms with Gasteiger partial charge >= 0.3 is 0 Å². The smallest absolute Gasteiger partial charge is 0.0938 e. The van der Waals surface area contributed by atoms with Crippen LogP contribution in [0.1, 0.15) is 5.56 Å². The summed E-state index contributed by atoms with van der Waals surface area (Å²) >= 11 is 0. The molecule has 3 rings (SSSR count). The van der Waals surface area contributed by atoms with Crippen LogP contribution in [0.4, 0.5) is 0 Å². The first-order chi connectivity index (χ1) is 8.74. The highest BCUT2D eigenvalue weighted by molar-refractivity contribution is 5.81. The van der Waals surface area contributed by atoms with Crippen LogP contribution in [0.25, 0.3) is 10.9 Å². The zero-order valence-electron chi connectivity index (χ0n) is 10.0. The molecule has 0 bridgehead atoms. The first-order valence-corrected chi connectivity index (χ1v) is 6.15. The van der Waals surface area contributed by atoms with Crippen molar-refractivity contribution in [2.75, 3.05) is 13.1 Å². The van der Waals surface area contributed by atoms with Crippen LogP contribution in [0.15, 0.2) is 36.5 Å². The van der Waals surface area contributed by atoms with Gasteiger partial charge in [0.05, 0.1) is 17.7 Å². The van der Waals surface area contributed by atoms with Gasteiger partial charge in [-0.25, -0.2) is 0 Å². The maximum Gasteiger partial charge on any atom is 0.0938 e. The van der Waals surface area contributed by atoms with Crippen molar-refractivity contribution in [2.24, 2.45) is 0 Å². The van der Waals surface area contributed by atoms with E-state index in [0.717, 1.165) is 17.4 Å². The molecule has 94 valence electrons. The summed E-state index contributed by atoms with van der Waals surface area (Å²) in [6.07, 6.45) is 0.553. The van der Waals surface area contributed by atoms with Gasteiger partial charge in [0.25, 0.3) is 0 Å². The number of hydrogen-bond acceptors (Lipinski definition) is 4. The van der Waals surface area contributed by atoms with Crippen molar-refractivity contribution in [3.63, 3.8) is 0 Å². The van der Waals surface area contributed by atoms with Crippen molar-refractivity contribution >= 4 is 10.9 Å². The predicted molar refractivity (Wildman–Crippen MR) is 69.0 cm³/mol. The molecule has 1 aromatic heterocycles. The first kappa shape index (κ1) is 11.6. The summed E-state index contributed by atoms with van der Waals surface area (Å²) in [5.41, 5.74) is 2.16. The molecule has 2 aromatic rings. The summed E-state index contributed by atoms with van der Waals surface area (Å²) < 4.78 is 0. The van der Waals surface area contributed by atoms with Crippen LogP contribution in [0, 0.1) is 0 Å². The van der Waals surface area contributed by atoms with Gasteiger partial charge in [0.1, 0.15) is 0 Å². The summed E-state index contributed by atoms with van der Waals surface area (Å²) in [7, 11) is 0. The standard InChI is InChI=1S/C14H16N2O2/c17-13-8-16(9-14(13)18)7-10-5-6-15-12-4-2-1-3-11(10)12/h1-6,13-14,17-18H,7-9H2/t13-,14+. The van der Waals surface area contributed by atoms with E-state index in [2.05, 4.69) is 16.0 Å². The molecule has 0 saturated carbocycles. The molecule has 1 fully saturated rings. The number of nitrogens with zero attached hydrogens (tertiary/aromatic N) is 2. The van der Waals surface area contributed by atoms with Gasteiger partial charge in [-0.3, -0.25) is 9.88 Å². The number of fused-ring (bicyclic) bond motifs is 1. The number of pyridine rings is 1. The van der Waals surface area contributed by atoms with E-state index in [1.165, 1.54) is 5.56 Å². The topological polar surface area (TPSA) is 56.6 Å². The Bertz CT molecular complexity index is 543. The number of aromatic nitrogens is 1. The number of hydrogen-bond donors (Lipinski definition) is 2. The van der Waals surface area contributed by atoms with Crippen LogP contribution in [0.3, 0.4) is 0 Å². The molecule has 2 atom stereocenters. The monoisotopic (exact) mass is 244 g/mol. The fourth-order valence-electron chi connectivity index (χ4n) is 2.51. The molecule has 1 saturated heterocycles. The Morgan fingerprint density at radius 2 is 1.83 bits per heavy atom. The molecule has 1 aromatic carbocycles. The molecular formula is C14H16N2O2. The van der Waals surface area contributed by atoms with E-state index >= 15 is 0 Å². The van der Waals surface area contributed by atoms with Gasteiger partial charge in [-0.2, -0.15) is 0 Å². The molecule has 4 heteroatoms. The summed E-state index contributed by atoms with van der Waals surface area (Å²) in [4.78, 5) is 6.40. The maximum atomic E-state index is 9.56. The van der Waals surface area contributed by atoms with Gasteiger partial charge in [0.15, 0.2) is 0 Å². The second-order valence-electron chi connectivity index (χ2n) is 4.82. The Labute approximate surface area is 105 Å². The van der Waals surface area contributed by atoms with Gasteiger partial charge in [-0.05, 0) is 17.7 Å². The zero-order chi connectivity index (χ0) is 12.5. The van der Waals surface area contributed by atoms with Crippen LogP contribution >= 0.6 is 0 Å². The van der Waals surface area contributed by atoms with E-state index in [1.807, 2.05) is 24.3 Å². The third kappa shape index (κ3) is 2.10. The second kappa shape index (κ2) is 4.65. The van der Waals surface area contributed by atoms with Crippen molar-refractivity contribution in [2.45, 2.75) is 18.8 Å². The van der Waals surface area contributed by atoms with Crippen molar-refractivity contribution in [1.29, 1.82) is 0 Å². The molecule has 1 aliphatic heterocycles. The molecule has 2 N–H and O–H groups in total. The minimum Gasteiger partial charge on any atom is -0.389 e. The lowest BCUT2D eigenvalue weighted by atomic mass is 10.1. The summed E-state index contributed by atoms with van der Waals surface area (Å²) in [5, 5.41) is 20.2. The minimum atomic E-state index is -0.627. The highest BCUT2D eigenvalue weighted by Gasteiger charge is 2.29. The number of likely N-dealkylation sites (tertiary alicyclic amines) is 1. The van der Waals surface area contributed by atoms with Crippen LogP contribution < -0.4 is 0 Å². The van der Waals surface area contributed by atoms with Gasteiger partial charge in [-0.1, -0.05) is 18.2 Å². The Hall–Kier alpha value is -1.49. The van der Waals surface area contributed by atoms with E-state index in [-0.39, 0.29) is 0 Å². The molecule has 4 nitrogen and oxygen atoms in total. The van der Waals surface area contributed by atoms with E-state index < -0.39 is 12.2 Å². The zero-order valence-corrected chi connectivity index (χ0v) is 10.0. The van der Waals surface area contributed by atoms with E-state index in [9.17, 15) is 10.2 Å². The Morgan fingerprint density at radius 3 is 2.61 bits per heavy atom. The lowest BCUT2D eigenvalue weighted by molar-refractivity contribution is 0.0572. The molecule has 0 radical (unpaired) electrons. The fraction of sp³-hybridized carbons (Fsp3) is 0.357. The summed E-state index contributed by atoms with van der Waals surface area (Å²) in [6, 6.07) is 10.0. The third-order valence-corrected chi connectivity index (χ3v) is 3.47. The van der Waals surface area contributed by atoms with Crippen molar-refractivity contribution in [1.82, 2.24) is 9.88 Å². The minimum absolute atomic E-state index is 0.526. The molecule has 0 aliphatic carbocycles. The molecule has 2 heterocycles. The van der Waals surface area contributed by atoms with Crippen LogP contribution in [0.2, 0.25) is 0 Å². The van der Waals surface area contributed by atoms with Crippen molar-refractivity contribution < 1.29 is 10.2 Å².